The molecule has 0 spiro atoms. The molecule has 1 heterocycles. The Labute approximate surface area is 91.5 Å². The molecular formula is C11H19N3O. The summed E-state index contributed by atoms with van der Waals surface area (Å²) >= 11 is 0. The van der Waals surface area contributed by atoms with E-state index in [2.05, 4.69) is 17.9 Å². The molecule has 1 fully saturated rings. The maximum atomic E-state index is 12.0. The Balaban J connectivity index is 2.86. The van der Waals surface area contributed by atoms with E-state index in [0.29, 0.717) is 12.3 Å². The van der Waals surface area contributed by atoms with E-state index < -0.39 is 0 Å². The van der Waals surface area contributed by atoms with Crippen molar-refractivity contribution in [2.45, 2.75) is 26.3 Å². The summed E-state index contributed by atoms with van der Waals surface area (Å²) < 4.78 is 0. The van der Waals surface area contributed by atoms with E-state index in [4.69, 9.17) is 5.26 Å². The fourth-order valence-electron chi connectivity index (χ4n) is 2.21. The van der Waals surface area contributed by atoms with Gasteiger partial charge in [-0.15, -0.1) is 0 Å². The normalized spacial score (nSPS) is 28.7. The fraction of sp³-hybridized carbons (Fsp3) is 0.818. The third kappa shape index (κ3) is 2.69. The van der Waals surface area contributed by atoms with E-state index in [1.54, 1.807) is 4.90 Å². The first-order chi connectivity index (χ1) is 7.10. The molecule has 0 radical (unpaired) electrons. The SMILES string of the molecule is CCN1CC(C)CN(C)C(=O)C1CC#N. The molecule has 2 unspecified atom stereocenters. The summed E-state index contributed by atoms with van der Waals surface area (Å²) in [7, 11) is 1.82. The Bertz CT molecular complexity index is 271. The van der Waals surface area contributed by atoms with E-state index in [1.165, 1.54) is 0 Å². The highest BCUT2D eigenvalue weighted by Crippen LogP contribution is 2.16. The second-order valence-corrected chi connectivity index (χ2v) is 4.29. The molecule has 1 aliphatic heterocycles. The molecule has 84 valence electrons. The molecule has 4 heteroatoms. The van der Waals surface area contributed by atoms with Gasteiger partial charge in [-0.05, 0) is 12.5 Å². The van der Waals surface area contributed by atoms with Crippen molar-refractivity contribution in [2.75, 3.05) is 26.7 Å². The van der Waals surface area contributed by atoms with Crippen molar-refractivity contribution in [1.82, 2.24) is 9.80 Å². The lowest BCUT2D eigenvalue weighted by Gasteiger charge is -2.26. The molecule has 0 N–H and O–H groups in total. The largest absolute Gasteiger partial charge is 0.344 e. The van der Waals surface area contributed by atoms with Gasteiger partial charge in [-0.1, -0.05) is 13.8 Å². The first-order valence-corrected chi connectivity index (χ1v) is 5.46. The van der Waals surface area contributed by atoms with Crippen molar-refractivity contribution in [3.63, 3.8) is 0 Å². The molecule has 15 heavy (non-hydrogen) atoms. The Morgan fingerprint density at radius 3 is 2.73 bits per heavy atom. The van der Waals surface area contributed by atoms with Crippen LogP contribution < -0.4 is 0 Å². The highest BCUT2D eigenvalue weighted by Gasteiger charge is 2.32. The number of nitriles is 1. The first-order valence-electron chi connectivity index (χ1n) is 5.46. The van der Waals surface area contributed by atoms with E-state index in [-0.39, 0.29) is 11.9 Å². The Kier molecular flexibility index (Phi) is 4.10. The first kappa shape index (κ1) is 12.0. The molecule has 1 aliphatic rings. The number of nitrogens with zero attached hydrogens (tertiary/aromatic N) is 3. The topological polar surface area (TPSA) is 47.3 Å². The second kappa shape index (κ2) is 5.13. The highest BCUT2D eigenvalue weighted by molar-refractivity contribution is 5.82. The van der Waals surface area contributed by atoms with Crippen molar-refractivity contribution in [3.8, 4) is 6.07 Å². The van der Waals surface area contributed by atoms with Crippen LogP contribution in [0.4, 0.5) is 0 Å². The number of amides is 1. The molecule has 0 aliphatic carbocycles. The number of carbonyl (C=O) groups is 1. The Hall–Kier alpha value is -1.08. The zero-order valence-corrected chi connectivity index (χ0v) is 9.73. The molecular weight excluding hydrogens is 190 g/mol. The van der Waals surface area contributed by atoms with Gasteiger partial charge in [0, 0.05) is 20.1 Å². The number of hydrogen-bond donors (Lipinski definition) is 0. The minimum Gasteiger partial charge on any atom is -0.344 e. The third-order valence-corrected chi connectivity index (χ3v) is 2.92. The molecule has 0 aromatic rings. The van der Waals surface area contributed by atoms with Crippen LogP contribution in [0.25, 0.3) is 0 Å². The molecule has 0 aromatic heterocycles. The molecule has 0 saturated carbocycles. The van der Waals surface area contributed by atoms with Gasteiger partial charge in [-0.3, -0.25) is 9.69 Å². The molecule has 0 bridgehead atoms. The van der Waals surface area contributed by atoms with E-state index in [1.807, 2.05) is 14.0 Å². The van der Waals surface area contributed by atoms with Gasteiger partial charge in [0.2, 0.25) is 5.91 Å². The predicted octanol–water partition coefficient (Wildman–Crippen LogP) is 0.699. The van der Waals surface area contributed by atoms with Crippen LogP contribution in [-0.2, 0) is 4.79 Å². The van der Waals surface area contributed by atoms with Gasteiger partial charge in [0.05, 0.1) is 12.5 Å². The lowest BCUT2D eigenvalue weighted by Crippen LogP contribution is -2.44. The second-order valence-electron chi connectivity index (χ2n) is 4.29. The van der Waals surface area contributed by atoms with Crippen molar-refractivity contribution in [1.29, 1.82) is 5.26 Å². The maximum absolute atomic E-state index is 12.0. The predicted molar refractivity (Wildman–Crippen MR) is 58.1 cm³/mol. The van der Waals surface area contributed by atoms with Crippen LogP contribution in [0.5, 0.6) is 0 Å². The van der Waals surface area contributed by atoms with Crippen LogP contribution in [0.15, 0.2) is 0 Å². The van der Waals surface area contributed by atoms with Gasteiger partial charge >= 0.3 is 0 Å². The number of hydrogen-bond acceptors (Lipinski definition) is 3. The van der Waals surface area contributed by atoms with Crippen molar-refractivity contribution in [3.05, 3.63) is 0 Å². The van der Waals surface area contributed by atoms with Crippen LogP contribution >= 0.6 is 0 Å². The average Bonchev–Trinajstić information content (AvgIpc) is 2.30. The van der Waals surface area contributed by atoms with E-state index in [9.17, 15) is 4.79 Å². The minimum absolute atomic E-state index is 0.0859. The lowest BCUT2D eigenvalue weighted by molar-refractivity contribution is -0.134. The fourth-order valence-corrected chi connectivity index (χ4v) is 2.21. The van der Waals surface area contributed by atoms with E-state index >= 15 is 0 Å². The average molecular weight is 209 g/mol. The summed E-state index contributed by atoms with van der Waals surface area (Å²) in [5.74, 6) is 0.561. The highest BCUT2D eigenvalue weighted by atomic mass is 16.2. The standard InChI is InChI=1S/C11H19N3O/c1-4-14-8-9(2)7-13(3)11(15)10(14)5-6-12/h9-10H,4-5,7-8H2,1-3H3. The molecule has 1 saturated heterocycles. The zero-order chi connectivity index (χ0) is 11.4. The number of likely N-dealkylation sites (N-methyl/N-ethyl adjacent to an activating group) is 2. The smallest absolute Gasteiger partial charge is 0.240 e. The van der Waals surface area contributed by atoms with Crippen LogP contribution in [0.1, 0.15) is 20.3 Å². The van der Waals surface area contributed by atoms with Crippen LogP contribution in [-0.4, -0.2) is 48.4 Å². The van der Waals surface area contributed by atoms with Gasteiger partial charge in [-0.2, -0.15) is 5.26 Å². The summed E-state index contributed by atoms with van der Waals surface area (Å²) in [6.45, 7) is 6.70. The number of rotatable bonds is 2. The summed E-state index contributed by atoms with van der Waals surface area (Å²) in [5, 5.41) is 8.75. The molecule has 1 amide bonds. The van der Waals surface area contributed by atoms with Crippen LogP contribution in [0.2, 0.25) is 0 Å². The van der Waals surface area contributed by atoms with Gasteiger partial charge < -0.3 is 4.90 Å². The van der Waals surface area contributed by atoms with Gasteiger partial charge in [-0.25, -0.2) is 0 Å². The minimum atomic E-state index is -0.241. The molecule has 1 rings (SSSR count). The maximum Gasteiger partial charge on any atom is 0.240 e. The van der Waals surface area contributed by atoms with Crippen molar-refractivity contribution in [2.24, 2.45) is 5.92 Å². The molecule has 0 aromatic carbocycles. The molecule has 2 atom stereocenters. The summed E-state index contributed by atoms with van der Waals surface area (Å²) in [6.07, 6.45) is 0.295. The zero-order valence-electron chi connectivity index (χ0n) is 9.73. The monoisotopic (exact) mass is 209 g/mol. The van der Waals surface area contributed by atoms with Crippen LogP contribution in [0.3, 0.4) is 0 Å². The van der Waals surface area contributed by atoms with Gasteiger partial charge in [0.25, 0.3) is 0 Å². The van der Waals surface area contributed by atoms with E-state index in [0.717, 1.165) is 19.6 Å². The summed E-state index contributed by atoms with van der Waals surface area (Å²) in [4.78, 5) is 15.8. The summed E-state index contributed by atoms with van der Waals surface area (Å²) in [6, 6.07) is 1.87. The Morgan fingerprint density at radius 1 is 1.53 bits per heavy atom. The van der Waals surface area contributed by atoms with Crippen LogP contribution in [0, 0.1) is 17.2 Å². The van der Waals surface area contributed by atoms with Gasteiger partial charge in [0.1, 0.15) is 6.04 Å². The van der Waals surface area contributed by atoms with Crippen molar-refractivity contribution < 1.29 is 4.79 Å². The number of carbonyl (C=O) groups excluding carboxylic acids is 1. The van der Waals surface area contributed by atoms with Crippen molar-refractivity contribution >= 4 is 5.91 Å². The van der Waals surface area contributed by atoms with Gasteiger partial charge in [0.15, 0.2) is 0 Å². The third-order valence-electron chi connectivity index (χ3n) is 2.92. The molecule has 4 nitrogen and oxygen atoms in total. The lowest BCUT2D eigenvalue weighted by atomic mass is 10.1. The Morgan fingerprint density at radius 2 is 2.20 bits per heavy atom. The quantitative estimate of drug-likeness (QED) is 0.672. The summed E-state index contributed by atoms with van der Waals surface area (Å²) in [5.41, 5.74) is 0.